The Morgan fingerprint density at radius 3 is 2.84 bits per heavy atom. The third-order valence-corrected chi connectivity index (χ3v) is 3.25. The highest BCUT2D eigenvalue weighted by Gasteiger charge is 2.23. The first-order chi connectivity index (χ1) is 9.08. The van der Waals surface area contributed by atoms with Gasteiger partial charge in [-0.2, -0.15) is 0 Å². The molecule has 1 fully saturated rings. The molecule has 1 heterocycles. The molecule has 4 heteroatoms. The summed E-state index contributed by atoms with van der Waals surface area (Å²) in [6.07, 6.45) is 1.78. The molecule has 0 radical (unpaired) electrons. The van der Waals surface area contributed by atoms with Gasteiger partial charge in [0, 0.05) is 18.0 Å². The third-order valence-electron chi connectivity index (χ3n) is 3.25. The molecule has 2 rings (SSSR count). The molecule has 19 heavy (non-hydrogen) atoms. The lowest BCUT2D eigenvalue weighted by molar-refractivity contribution is 0.0899. The molecule has 1 aromatic rings. The Kier molecular flexibility index (Phi) is 4.53. The van der Waals surface area contributed by atoms with Crippen molar-refractivity contribution in [2.75, 3.05) is 13.1 Å². The number of carbonyl (C=O) groups is 1. The molecule has 0 aliphatic carbocycles. The van der Waals surface area contributed by atoms with Crippen molar-refractivity contribution in [2.24, 2.45) is 5.92 Å². The Balaban J connectivity index is 2.12. The van der Waals surface area contributed by atoms with Gasteiger partial charge in [0.15, 0.2) is 17.3 Å². The van der Waals surface area contributed by atoms with E-state index < -0.39 is 5.82 Å². The summed E-state index contributed by atoms with van der Waals surface area (Å²) in [5.41, 5.74) is 0.433. The molecule has 0 amide bonds. The molecule has 104 valence electrons. The fourth-order valence-electron chi connectivity index (χ4n) is 2.31. The number of nitrogens with one attached hydrogen (secondary N) is 1. The number of Topliss-reactive ketones (excluding diaryl/α,β-unsaturated/α-hetero) is 1. The highest BCUT2D eigenvalue weighted by atomic mass is 19.1. The van der Waals surface area contributed by atoms with Crippen LogP contribution in [0.5, 0.6) is 5.75 Å². The summed E-state index contributed by atoms with van der Waals surface area (Å²) >= 11 is 0. The smallest absolute Gasteiger partial charge is 0.167 e. The van der Waals surface area contributed by atoms with Crippen LogP contribution in [0.15, 0.2) is 18.2 Å². The van der Waals surface area contributed by atoms with Crippen molar-refractivity contribution in [3.63, 3.8) is 0 Å². The fraction of sp³-hybridized carbons (Fsp3) is 0.533. The van der Waals surface area contributed by atoms with Crippen LogP contribution in [-0.4, -0.2) is 25.0 Å². The number of rotatable bonds is 4. The highest BCUT2D eigenvalue weighted by molar-refractivity contribution is 5.98. The van der Waals surface area contributed by atoms with Crippen LogP contribution < -0.4 is 10.1 Å². The number of hydrogen-bond donors (Lipinski definition) is 1. The van der Waals surface area contributed by atoms with Crippen LogP contribution in [0.2, 0.25) is 0 Å². The van der Waals surface area contributed by atoms with Crippen LogP contribution in [-0.2, 0) is 0 Å². The molecule has 1 aliphatic heterocycles. The molecule has 0 bridgehead atoms. The first-order valence-electron chi connectivity index (χ1n) is 6.79. The van der Waals surface area contributed by atoms with Gasteiger partial charge in [0.1, 0.15) is 0 Å². The van der Waals surface area contributed by atoms with Gasteiger partial charge in [-0.05, 0) is 51.4 Å². The maximum absolute atomic E-state index is 13.8. The maximum atomic E-state index is 13.8. The Labute approximate surface area is 113 Å². The van der Waals surface area contributed by atoms with Crippen molar-refractivity contribution in [1.29, 1.82) is 0 Å². The van der Waals surface area contributed by atoms with Gasteiger partial charge in [0.05, 0.1) is 6.10 Å². The number of carbonyl (C=O) groups excluding carboxylic acids is 1. The second-order valence-corrected chi connectivity index (χ2v) is 5.22. The Bertz CT molecular complexity index is 453. The minimum atomic E-state index is -0.469. The zero-order chi connectivity index (χ0) is 13.8. The summed E-state index contributed by atoms with van der Waals surface area (Å²) in [7, 11) is 0. The minimum absolute atomic E-state index is 0.0159. The lowest BCUT2D eigenvalue weighted by atomic mass is 9.91. The van der Waals surface area contributed by atoms with E-state index in [9.17, 15) is 9.18 Å². The largest absolute Gasteiger partial charge is 0.488 e. The second kappa shape index (κ2) is 6.15. The van der Waals surface area contributed by atoms with Gasteiger partial charge < -0.3 is 10.1 Å². The van der Waals surface area contributed by atoms with Crippen LogP contribution in [0.3, 0.4) is 0 Å². The van der Waals surface area contributed by atoms with E-state index in [1.165, 1.54) is 6.07 Å². The van der Waals surface area contributed by atoms with Crippen LogP contribution in [0.25, 0.3) is 0 Å². The lowest BCUT2D eigenvalue weighted by Gasteiger charge is -2.21. The van der Waals surface area contributed by atoms with Gasteiger partial charge in [0.25, 0.3) is 0 Å². The normalized spacial score (nSPS) is 19.5. The summed E-state index contributed by atoms with van der Waals surface area (Å²) < 4.78 is 19.2. The minimum Gasteiger partial charge on any atom is -0.488 e. The molecule has 0 spiro atoms. The number of halogens is 1. The van der Waals surface area contributed by atoms with Gasteiger partial charge in [-0.25, -0.2) is 4.39 Å². The lowest BCUT2D eigenvalue weighted by Crippen LogP contribution is -2.34. The molecule has 1 aliphatic rings. The van der Waals surface area contributed by atoms with Crippen molar-refractivity contribution in [1.82, 2.24) is 5.32 Å². The predicted molar refractivity (Wildman–Crippen MR) is 72.1 cm³/mol. The highest BCUT2D eigenvalue weighted by Crippen LogP contribution is 2.23. The number of piperidine rings is 1. The molecular formula is C15H20FNO2. The monoisotopic (exact) mass is 265 g/mol. The summed E-state index contributed by atoms with van der Waals surface area (Å²) in [6.45, 7) is 5.32. The summed E-state index contributed by atoms with van der Waals surface area (Å²) in [4.78, 5) is 12.2. The Morgan fingerprint density at radius 2 is 2.26 bits per heavy atom. The first-order valence-corrected chi connectivity index (χ1v) is 6.79. The van der Waals surface area contributed by atoms with E-state index >= 15 is 0 Å². The maximum Gasteiger partial charge on any atom is 0.167 e. The Hall–Kier alpha value is -1.42. The van der Waals surface area contributed by atoms with Crippen LogP contribution in [0.4, 0.5) is 4.39 Å². The molecule has 3 nitrogen and oxygen atoms in total. The molecule has 1 N–H and O–H groups in total. The molecule has 1 unspecified atom stereocenters. The predicted octanol–water partition coefficient (Wildman–Crippen LogP) is 2.80. The van der Waals surface area contributed by atoms with E-state index in [0.29, 0.717) is 12.1 Å². The SMILES string of the molecule is CC(C)Oc1ccc(C(=O)C2CCCNC2)cc1F. The summed E-state index contributed by atoms with van der Waals surface area (Å²) in [5, 5.41) is 3.20. The number of ether oxygens (including phenoxy) is 1. The van der Waals surface area contributed by atoms with Crippen LogP contribution in [0, 0.1) is 11.7 Å². The fourth-order valence-corrected chi connectivity index (χ4v) is 2.31. The molecular weight excluding hydrogens is 245 g/mol. The number of ketones is 1. The van der Waals surface area contributed by atoms with Crippen molar-refractivity contribution in [3.05, 3.63) is 29.6 Å². The Morgan fingerprint density at radius 1 is 1.47 bits per heavy atom. The van der Waals surface area contributed by atoms with E-state index in [-0.39, 0.29) is 23.6 Å². The topological polar surface area (TPSA) is 38.3 Å². The van der Waals surface area contributed by atoms with Crippen molar-refractivity contribution in [2.45, 2.75) is 32.8 Å². The van der Waals surface area contributed by atoms with Gasteiger partial charge in [-0.1, -0.05) is 0 Å². The van der Waals surface area contributed by atoms with Crippen molar-refractivity contribution >= 4 is 5.78 Å². The average Bonchev–Trinajstić information content (AvgIpc) is 2.41. The van der Waals surface area contributed by atoms with E-state index in [1.54, 1.807) is 12.1 Å². The van der Waals surface area contributed by atoms with E-state index in [0.717, 1.165) is 19.4 Å². The third kappa shape index (κ3) is 3.53. The summed E-state index contributed by atoms with van der Waals surface area (Å²) in [5.74, 6) is -0.288. The van der Waals surface area contributed by atoms with Gasteiger partial charge in [-0.3, -0.25) is 4.79 Å². The van der Waals surface area contributed by atoms with E-state index in [4.69, 9.17) is 4.74 Å². The van der Waals surface area contributed by atoms with E-state index in [1.807, 2.05) is 13.8 Å². The molecule has 1 atom stereocenters. The molecule has 1 aromatic carbocycles. The number of hydrogen-bond acceptors (Lipinski definition) is 3. The second-order valence-electron chi connectivity index (χ2n) is 5.22. The average molecular weight is 265 g/mol. The summed E-state index contributed by atoms with van der Waals surface area (Å²) in [6, 6.07) is 4.48. The van der Waals surface area contributed by atoms with Gasteiger partial charge >= 0.3 is 0 Å². The van der Waals surface area contributed by atoms with E-state index in [2.05, 4.69) is 5.32 Å². The quantitative estimate of drug-likeness (QED) is 0.851. The first kappa shape index (κ1) is 14.0. The zero-order valence-electron chi connectivity index (χ0n) is 11.4. The van der Waals surface area contributed by atoms with Crippen LogP contribution in [0.1, 0.15) is 37.0 Å². The van der Waals surface area contributed by atoms with Crippen LogP contribution >= 0.6 is 0 Å². The zero-order valence-corrected chi connectivity index (χ0v) is 11.4. The van der Waals surface area contributed by atoms with Gasteiger partial charge in [0.2, 0.25) is 0 Å². The standard InChI is InChI=1S/C15H20FNO2/c1-10(2)19-14-6-5-11(8-13(14)16)15(18)12-4-3-7-17-9-12/h5-6,8,10,12,17H,3-4,7,9H2,1-2H3. The molecule has 0 aromatic heterocycles. The molecule has 1 saturated heterocycles. The molecule has 0 saturated carbocycles. The number of benzene rings is 1. The van der Waals surface area contributed by atoms with Gasteiger partial charge in [-0.15, -0.1) is 0 Å². The van der Waals surface area contributed by atoms with Crippen molar-refractivity contribution in [3.8, 4) is 5.75 Å². The van der Waals surface area contributed by atoms with Crippen molar-refractivity contribution < 1.29 is 13.9 Å².